The summed E-state index contributed by atoms with van der Waals surface area (Å²) in [5.74, 6) is 0.0139. The molecule has 22 heavy (non-hydrogen) atoms. The first-order valence-corrected chi connectivity index (χ1v) is 8.55. The molecular formula is C16H28N2O4. The van der Waals surface area contributed by atoms with Crippen molar-refractivity contribution in [3.8, 4) is 0 Å². The van der Waals surface area contributed by atoms with Gasteiger partial charge in [-0.2, -0.15) is 0 Å². The molecule has 0 aliphatic carbocycles. The zero-order valence-corrected chi connectivity index (χ0v) is 13.5. The van der Waals surface area contributed by atoms with Crippen molar-refractivity contribution in [2.75, 3.05) is 40.0 Å². The summed E-state index contributed by atoms with van der Waals surface area (Å²) >= 11 is 0. The predicted octanol–water partition coefficient (Wildman–Crippen LogP) is 0.550. The molecule has 6 nitrogen and oxygen atoms in total. The third kappa shape index (κ3) is 3.62. The molecule has 0 aromatic heterocycles. The lowest BCUT2D eigenvalue weighted by Crippen LogP contribution is -2.51. The van der Waals surface area contributed by atoms with Gasteiger partial charge in [-0.25, -0.2) is 0 Å². The summed E-state index contributed by atoms with van der Waals surface area (Å²) in [7, 11) is 1.64. The maximum absolute atomic E-state index is 12.1. The molecule has 0 saturated carbocycles. The van der Waals surface area contributed by atoms with E-state index in [0.29, 0.717) is 25.2 Å². The Bertz CT molecular complexity index is 373. The SMILES string of the molecule is COCCNC(=O)[C@@H]1CC[C@@H]2[C@@H](CCN2C2CCOCC2)O1. The smallest absolute Gasteiger partial charge is 0.249 e. The van der Waals surface area contributed by atoms with Gasteiger partial charge in [-0.3, -0.25) is 9.69 Å². The summed E-state index contributed by atoms with van der Waals surface area (Å²) in [6.07, 6.45) is 5.12. The Morgan fingerprint density at radius 3 is 2.82 bits per heavy atom. The fourth-order valence-corrected chi connectivity index (χ4v) is 4.01. The molecule has 0 aromatic rings. The number of fused-ring (bicyclic) bond motifs is 1. The van der Waals surface area contributed by atoms with Crippen molar-refractivity contribution in [3.63, 3.8) is 0 Å². The van der Waals surface area contributed by atoms with Crippen LogP contribution in [0, 0.1) is 0 Å². The van der Waals surface area contributed by atoms with Crippen molar-refractivity contribution < 1.29 is 19.0 Å². The summed E-state index contributed by atoms with van der Waals surface area (Å²) in [6, 6.07) is 1.13. The van der Waals surface area contributed by atoms with Crippen LogP contribution in [-0.2, 0) is 19.0 Å². The van der Waals surface area contributed by atoms with E-state index >= 15 is 0 Å². The van der Waals surface area contributed by atoms with Gasteiger partial charge in [-0.15, -0.1) is 0 Å². The normalized spacial score (nSPS) is 33.6. The van der Waals surface area contributed by atoms with Crippen molar-refractivity contribution in [2.24, 2.45) is 0 Å². The summed E-state index contributed by atoms with van der Waals surface area (Å²) in [4.78, 5) is 14.7. The van der Waals surface area contributed by atoms with Crippen LogP contribution in [0.1, 0.15) is 32.1 Å². The van der Waals surface area contributed by atoms with Crippen molar-refractivity contribution in [1.29, 1.82) is 0 Å². The number of rotatable bonds is 5. The van der Waals surface area contributed by atoms with E-state index in [1.165, 1.54) is 0 Å². The largest absolute Gasteiger partial charge is 0.383 e. The van der Waals surface area contributed by atoms with Gasteiger partial charge in [0.15, 0.2) is 0 Å². The Morgan fingerprint density at radius 2 is 2.05 bits per heavy atom. The molecule has 0 aromatic carbocycles. The molecule has 0 radical (unpaired) electrons. The van der Waals surface area contributed by atoms with E-state index in [2.05, 4.69) is 10.2 Å². The molecule has 0 bridgehead atoms. The summed E-state index contributed by atoms with van der Waals surface area (Å²) < 4.78 is 16.5. The molecule has 3 rings (SSSR count). The Morgan fingerprint density at radius 1 is 1.23 bits per heavy atom. The van der Waals surface area contributed by atoms with Crippen molar-refractivity contribution >= 4 is 5.91 Å². The van der Waals surface area contributed by atoms with Crippen LogP contribution in [0.4, 0.5) is 0 Å². The number of hydrogen-bond donors (Lipinski definition) is 1. The van der Waals surface area contributed by atoms with Gasteiger partial charge in [0.25, 0.3) is 0 Å². The fourth-order valence-electron chi connectivity index (χ4n) is 4.01. The van der Waals surface area contributed by atoms with Crippen LogP contribution in [0.25, 0.3) is 0 Å². The fraction of sp³-hybridized carbons (Fsp3) is 0.938. The molecule has 3 aliphatic rings. The van der Waals surface area contributed by atoms with Gasteiger partial charge >= 0.3 is 0 Å². The van der Waals surface area contributed by atoms with Crippen LogP contribution in [0.2, 0.25) is 0 Å². The maximum atomic E-state index is 12.1. The quantitative estimate of drug-likeness (QED) is 0.751. The molecular weight excluding hydrogens is 284 g/mol. The second-order valence-corrected chi connectivity index (χ2v) is 6.46. The lowest BCUT2D eigenvalue weighted by Gasteiger charge is -2.40. The molecule has 0 spiro atoms. The molecule has 3 fully saturated rings. The minimum absolute atomic E-state index is 0.0139. The third-order valence-electron chi connectivity index (χ3n) is 5.15. The zero-order chi connectivity index (χ0) is 15.4. The van der Waals surface area contributed by atoms with Crippen LogP contribution >= 0.6 is 0 Å². The summed E-state index contributed by atoms with van der Waals surface area (Å²) in [5.41, 5.74) is 0. The molecule has 6 heteroatoms. The van der Waals surface area contributed by atoms with Gasteiger partial charge in [-0.05, 0) is 32.1 Å². The highest BCUT2D eigenvalue weighted by atomic mass is 16.5. The molecule has 3 heterocycles. The highest BCUT2D eigenvalue weighted by Crippen LogP contribution is 2.34. The number of likely N-dealkylation sites (tertiary alicyclic amines) is 1. The minimum Gasteiger partial charge on any atom is -0.383 e. The molecule has 0 unspecified atom stereocenters. The van der Waals surface area contributed by atoms with Gasteiger partial charge in [0.2, 0.25) is 5.91 Å². The van der Waals surface area contributed by atoms with Crippen molar-refractivity contribution in [1.82, 2.24) is 10.2 Å². The minimum atomic E-state index is -0.284. The Kier molecular flexibility index (Phi) is 5.68. The number of nitrogens with one attached hydrogen (secondary N) is 1. The first-order chi connectivity index (χ1) is 10.8. The van der Waals surface area contributed by atoms with E-state index in [-0.39, 0.29) is 18.1 Å². The summed E-state index contributed by atoms with van der Waals surface area (Å²) in [5, 5.41) is 2.89. The van der Waals surface area contributed by atoms with Crippen LogP contribution < -0.4 is 5.32 Å². The van der Waals surface area contributed by atoms with Crippen LogP contribution in [0.3, 0.4) is 0 Å². The first kappa shape index (κ1) is 16.2. The summed E-state index contributed by atoms with van der Waals surface area (Å²) in [6.45, 7) is 3.95. The number of carbonyl (C=O) groups is 1. The van der Waals surface area contributed by atoms with E-state index in [9.17, 15) is 4.79 Å². The predicted molar refractivity (Wildman–Crippen MR) is 81.7 cm³/mol. The number of amides is 1. The molecule has 3 saturated heterocycles. The zero-order valence-electron chi connectivity index (χ0n) is 13.5. The number of methoxy groups -OCH3 is 1. The van der Waals surface area contributed by atoms with Gasteiger partial charge in [-0.1, -0.05) is 0 Å². The topological polar surface area (TPSA) is 60.0 Å². The van der Waals surface area contributed by atoms with E-state index in [1.807, 2.05) is 0 Å². The third-order valence-corrected chi connectivity index (χ3v) is 5.15. The Hall–Kier alpha value is -0.690. The van der Waals surface area contributed by atoms with E-state index in [4.69, 9.17) is 14.2 Å². The Labute approximate surface area is 132 Å². The van der Waals surface area contributed by atoms with Crippen molar-refractivity contribution in [3.05, 3.63) is 0 Å². The second kappa shape index (κ2) is 7.73. The van der Waals surface area contributed by atoms with E-state index in [0.717, 1.165) is 51.9 Å². The molecule has 1 amide bonds. The van der Waals surface area contributed by atoms with Crippen LogP contribution in [-0.4, -0.2) is 75.1 Å². The molecule has 126 valence electrons. The van der Waals surface area contributed by atoms with E-state index < -0.39 is 0 Å². The van der Waals surface area contributed by atoms with Crippen LogP contribution in [0.15, 0.2) is 0 Å². The second-order valence-electron chi connectivity index (χ2n) is 6.46. The standard InChI is InChI=1S/C16H28N2O4/c1-20-11-7-17-16(19)15-3-2-13-14(22-15)4-8-18(13)12-5-9-21-10-6-12/h12-15H,2-11H2,1H3,(H,17,19)/t13-,14-,15+/m1/s1. The lowest BCUT2D eigenvalue weighted by atomic mass is 9.96. The van der Waals surface area contributed by atoms with Gasteiger partial charge < -0.3 is 19.5 Å². The average Bonchev–Trinajstić information content (AvgIpc) is 2.99. The monoisotopic (exact) mass is 312 g/mol. The first-order valence-electron chi connectivity index (χ1n) is 8.55. The van der Waals surface area contributed by atoms with Gasteiger partial charge in [0, 0.05) is 45.5 Å². The molecule has 3 atom stereocenters. The van der Waals surface area contributed by atoms with E-state index in [1.54, 1.807) is 7.11 Å². The number of ether oxygens (including phenoxy) is 3. The molecule has 3 aliphatic heterocycles. The Balaban J connectivity index is 1.49. The maximum Gasteiger partial charge on any atom is 0.249 e. The van der Waals surface area contributed by atoms with Crippen LogP contribution in [0.5, 0.6) is 0 Å². The number of hydrogen-bond acceptors (Lipinski definition) is 5. The van der Waals surface area contributed by atoms with Gasteiger partial charge in [0.1, 0.15) is 6.10 Å². The number of nitrogens with zero attached hydrogens (tertiary/aromatic N) is 1. The highest BCUT2D eigenvalue weighted by molar-refractivity contribution is 5.80. The van der Waals surface area contributed by atoms with Gasteiger partial charge in [0.05, 0.1) is 12.7 Å². The average molecular weight is 312 g/mol. The molecule has 1 N–H and O–H groups in total. The lowest BCUT2D eigenvalue weighted by molar-refractivity contribution is -0.144. The number of carbonyl (C=O) groups excluding carboxylic acids is 1. The van der Waals surface area contributed by atoms with Crippen molar-refractivity contribution in [2.45, 2.75) is 56.4 Å². The highest BCUT2D eigenvalue weighted by Gasteiger charge is 2.43.